The summed E-state index contributed by atoms with van der Waals surface area (Å²) in [5, 5.41) is 0. The van der Waals surface area contributed by atoms with Crippen molar-refractivity contribution in [1.29, 1.82) is 0 Å². The standard InChI is InChI=1S/C14H27N/c1-3-7-13-11-10-12(2)15(13)14-8-5-4-6-9-14/h12-14H,3-11H2,1-2H3/t12?,13-/m0/s1. The summed E-state index contributed by atoms with van der Waals surface area (Å²) in [6.45, 7) is 4.78. The average Bonchev–Trinajstić information content (AvgIpc) is 2.62. The van der Waals surface area contributed by atoms with Crippen LogP contribution in [0.2, 0.25) is 0 Å². The lowest BCUT2D eigenvalue weighted by atomic mass is 9.92. The molecule has 2 rings (SSSR count). The zero-order chi connectivity index (χ0) is 10.7. The Labute approximate surface area is 95.2 Å². The molecular weight excluding hydrogens is 182 g/mol. The molecule has 0 spiro atoms. The van der Waals surface area contributed by atoms with E-state index in [4.69, 9.17) is 0 Å². The zero-order valence-corrected chi connectivity index (χ0v) is 10.5. The van der Waals surface area contributed by atoms with E-state index in [1.54, 1.807) is 0 Å². The first-order chi connectivity index (χ1) is 7.33. The van der Waals surface area contributed by atoms with Crippen molar-refractivity contribution in [2.75, 3.05) is 0 Å². The Morgan fingerprint density at radius 2 is 1.73 bits per heavy atom. The van der Waals surface area contributed by atoms with Crippen LogP contribution in [0.25, 0.3) is 0 Å². The molecule has 88 valence electrons. The highest BCUT2D eigenvalue weighted by molar-refractivity contribution is 4.90. The van der Waals surface area contributed by atoms with Gasteiger partial charge in [0.15, 0.2) is 0 Å². The van der Waals surface area contributed by atoms with Crippen molar-refractivity contribution >= 4 is 0 Å². The van der Waals surface area contributed by atoms with E-state index in [1.807, 2.05) is 0 Å². The fourth-order valence-electron chi connectivity index (χ4n) is 3.76. The Bertz CT molecular complexity index is 182. The van der Waals surface area contributed by atoms with Gasteiger partial charge in [0.05, 0.1) is 0 Å². The Morgan fingerprint density at radius 3 is 2.40 bits per heavy atom. The van der Waals surface area contributed by atoms with Crippen LogP contribution in [0.3, 0.4) is 0 Å². The summed E-state index contributed by atoms with van der Waals surface area (Å²) in [6.07, 6.45) is 13.1. The highest BCUT2D eigenvalue weighted by Crippen LogP contribution is 2.34. The first kappa shape index (κ1) is 11.4. The van der Waals surface area contributed by atoms with Crippen LogP contribution in [-0.2, 0) is 0 Å². The Kier molecular flexibility index (Phi) is 4.07. The SMILES string of the molecule is CCC[C@H]1CCC(C)N1C1CCCCC1. The molecule has 1 heteroatoms. The molecule has 2 fully saturated rings. The van der Waals surface area contributed by atoms with E-state index in [9.17, 15) is 0 Å². The summed E-state index contributed by atoms with van der Waals surface area (Å²) in [4.78, 5) is 2.89. The van der Waals surface area contributed by atoms with Crippen LogP contribution in [0.1, 0.15) is 71.6 Å². The first-order valence-electron chi connectivity index (χ1n) is 7.10. The summed E-state index contributed by atoms with van der Waals surface area (Å²) in [5.41, 5.74) is 0. The molecule has 1 unspecified atom stereocenters. The molecule has 0 N–H and O–H groups in total. The summed E-state index contributed by atoms with van der Waals surface area (Å²) >= 11 is 0. The van der Waals surface area contributed by atoms with E-state index in [0.717, 1.165) is 18.1 Å². The third kappa shape index (κ3) is 2.55. The molecule has 0 amide bonds. The quantitative estimate of drug-likeness (QED) is 0.680. The second-order valence-corrected chi connectivity index (χ2v) is 5.61. The highest BCUT2D eigenvalue weighted by atomic mass is 15.2. The van der Waals surface area contributed by atoms with Crippen molar-refractivity contribution in [2.45, 2.75) is 89.8 Å². The number of nitrogens with zero attached hydrogens (tertiary/aromatic N) is 1. The molecule has 1 nitrogen and oxygen atoms in total. The number of rotatable bonds is 3. The van der Waals surface area contributed by atoms with Gasteiger partial charge in [-0.1, -0.05) is 32.6 Å². The van der Waals surface area contributed by atoms with Crippen molar-refractivity contribution in [1.82, 2.24) is 4.90 Å². The third-order valence-electron chi connectivity index (χ3n) is 4.47. The minimum atomic E-state index is 0.865. The Balaban J connectivity index is 1.96. The number of hydrogen-bond donors (Lipinski definition) is 0. The largest absolute Gasteiger partial charge is 0.295 e. The van der Waals surface area contributed by atoms with Crippen LogP contribution in [0, 0.1) is 0 Å². The fourth-order valence-corrected chi connectivity index (χ4v) is 3.76. The maximum absolute atomic E-state index is 2.89. The van der Waals surface area contributed by atoms with Gasteiger partial charge in [-0.3, -0.25) is 4.90 Å². The molecular formula is C14H27N. The average molecular weight is 209 g/mol. The summed E-state index contributed by atoms with van der Waals surface area (Å²) < 4.78 is 0. The van der Waals surface area contributed by atoms with Crippen LogP contribution in [0.4, 0.5) is 0 Å². The van der Waals surface area contributed by atoms with Gasteiger partial charge < -0.3 is 0 Å². The molecule has 1 heterocycles. The van der Waals surface area contributed by atoms with Gasteiger partial charge in [0.25, 0.3) is 0 Å². The number of likely N-dealkylation sites (tertiary alicyclic amines) is 1. The van der Waals surface area contributed by atoms with Crippen LogP contribution in [0.5, 0.6) is 0 Å². The molecule has 0 bridgehead atoms. The van der Waals surface area contributed by atoms with Crippen molar-refractivity contribution < 1.29 is 0 Å². The maximum Gasteiger partial charge on any atom is 0.0101 e. The van der Waals surface area contributed by atoms with Crippen LogP contribution in [-0.4, -0.2) is 23.0 Å². The molecule has 0 aromatic carbocycles. The Morgan fingerprint density at radius 1 is 1.00 bits per heavy atom. The summed E-state index contributed by atoms with van der Waals surface area (Å²) in [7, 11) is 0. The maximum atomic E-state index is 2.89. The predicted molar refractivity (Wildman–Crippen MR) is 66.1 cm³/mol. The second-order valence-electron chi connectivity index (χ2n) is 5.61. The molecule has 1 saturated carbocycles. The molecule has 0 aromatic rings. The monoisotopic (exact) mass is 209 g/mol. The molecule has 1 saturated heterocycles. The van der Waals surface area contributed by atoms with Gasteiger partial charge in [-0.25, -0.2) is 0 Å². The summed E-state index contributed by atoms with van der Waals surface area (Å²) in [5.74, 6) is 0. The van der Waals surface area contributed by atoms with Gasteiger partial charge >= 0.3 is 0 Å². The van der Waals surface area contributed by atoms with E-state index in [0.29, 0.717) is 0 Å². The molecule has 0 aromatic heterocycles. The van der Waals surface area contributed by atoms with Gasteiger partial charge in [0.2, 0.25) is 0 Å². The highest BCUT2D eigenvalue weighted by Gasteiger charge is 2.35. The summed E-state index contributed by atoms with van der Waals surface area (Å²) in [6, 6.07) is 2.73. The second kappa shape index (κ2) is 5.34. The van der Waals surface area contributed by atoms with Crippen molar-refractivity contribution in [3.8, 4) is 0 Å². The Hall–Kier alpha value is -0.0400. The normalized spacial score (nSPS) is 34.8. The molecule has 0 radical (unpaired) electrons. The minimum absolute atomic E-state index is 0.865. The van der Waals surface area contributed by atoms with E-state index in [-0.39, 0.29) is 0 Å². The van der Waals surface area contributed by atoms with Crippen molar-refractivity contribution in [3.05, 3.63) is 0 Å². The van der Waals surface area contributed by atoms with Crippen LogP contribution in [0.15, 0.2) is 0 Å². The molecule has 1 aliphatic heterocycles. The zero-order valence-electron chi connectivity index (χ0n) is 10.5. The third-order valence-corrected chi connectivity index (χ3v) is 4.47. The van der Waals surface area contributed by atoms with E-state index < -0.39 is 0 Å². The lowest BCUT2D eigenvalue weighted by molar-refractivity contribution is 0.101. The van der Waals surface area contributed by atoms with Gasteiger partial charge in [0, 0.05) is 18.1 Å². The van der Waals surface area contributed by atoms with Crippen molar-refractivity contribution in [3.63, 3.8) is 0 Å². The molecule has 15 heavy (non-hydrogen) atoms. The lowest BCUT2D eigenvalue weighted by Gasteiger charge is -2.38. The molecule has 2 atom stereocenters. The van der Waals surface area contributed by atoms with Crippen LogP contribution >= 0.6 is 0 Å². The first-order valence-corrected chi connectivity index (χ1v) is 7.10. The van der Waals surface area contributed by atoms with Crippen LogP contribution < -0.4 is 0 Å². The molecule has 2 aliphatic rings. The van der Waals surface area contributed by atoms with Gasteiger partial charge in [-0.15, -0.1) is 0 Å². The van der Waals surface area contributed by atoms with Gasteiger partial charge in [-0.2, -0.15) is 0 Å². The topological polar surface area (TPSA) is 3.24 Å². The number of hydrogen-bond acceptors (Lipinski definition) is 1. The lowest BCUT2D eigenvalue weighted by Crippen LogP contribution is -2.44. The smallest absolute Gasteiger partial charge is 0.0101 e. The molecule has 1 aliphatic carbocycles. The van der Waals surface area contributed by atoms with E-state index in [1.165, 1.54) is 57.8 Å². The van der Waals surface area contributed by atoms with Crippen molar-refractivity contribution in [2.24, 2.45) is 0 Å². The predicted octanol–water partition coefficient (Wildman–Crippen LogP) is 3.97. The minimum Gasteiger partial charge on any atom is -0.295 e. The van der Waals surface area contributed by atoms with E-state index >= 15 is 0 Å². The fraction of sp³-hybridized carbons (Fsp3) is 1.00. The van der Waals surface area contributed by atoms with E-state index in [2.05, 4.69) is 18.7 Å². The van der Waals surface area contributed by atoms with Gasteiger partial charge in [0.1, 0.15) is 0 Å². The van der Waals surface area contributed by atoms with Gasteiger partial charge in [-0.05, 0) is 39.0 Å².